The van der Waals surface area contributed by atoms with Crippen LogP contribution in [0.1, 0.15) is 19.8 Å². The van der Waals surface area contributed by atoms with Gasteiger partial charge in [-0.2, -0.15) is 0 Å². The molecule has 0 N–H and O–H groups in total. The molecule has 74 valence electrons. The summed E-state index contributed by atoms with van der Waals surface area (Å²) in [4.78, 5) is 10.7. The molecular formula is C9H13BrO3. The van der Waals surface area contributed by atoms with Gasteiger partial charge in [0.15, 0.2) is 0 Å². The van der Waals surface area contributed by atoms with Crippen LogP contribution in [0, 0.1) is 0 Å². The molecule has 0 fully saturated rings. The van der Waals surface area contributed by atoms with E-state index in [4.69, 9.17) is 9.47 Å². The Morgan fingerprint density at radius 2 is 2.38 bits per heavy atom. The number of hydrogen-bond donors (Lipinski definition) is 0. The molecule has 1 rings (SSSR count). The standard InChI is InChI=1S/C9H13BrO3/c1-6(11)13-8-4-3-7(10)5-9(8)12-2/h5,8-9H,3-4H2,1-2H3. The second-order valence-corrected chi connectivity index (χ2v) is 4.02. The van der Waals surface area contributed by atoms with Crippen molar-refractivity contribution in [2.24, 2.45) is 0 Å². The molecule has 0 amide bonds. The highest BCUT2D eigenvalue weighted by Crippen LogP contribution is 2.26. The fraction of sp³-hybridized carbons (Fsp3) is 0.667. The van der Waals surface area contributed by atoms with Crippen LogP contribution in [-0.4, -0.2) is 25.3 Å². The van der Waals surface area contributed by atoms with Gasteiger partial charge in [0.1, 0.15) is 12.2 Å². The predicted molar refractivity (Wildman–Crippen MR) is 52.6 cm³/mol. The van der Waals surface area contributed by atoms with Gasteiger partial charge in [0.25, 0.3) is 0 Å². The number of halogens is 1. The number of hydrogen-bond acceptors (Lipinski definition) is 3. The maximum Gasteiger partial charge on any atom is 0.303 e. The van der Waals surface area contributed by atoms with Crippen molar-refractivity contribution in [1.82, 2.24) is 0 Å². The molecule has 0 aromatic carbocycles. The lowest BCUT2D eigenvalue weighted by Crippen LogP contribution is -2.33. The maximum absolute atomic E-state index is 10.7. The van der Waals surface area contributed by atoms with E-state index in [0.717, 1.165) is 17.3 Å². The van der Waals surface area contributed by atoms with Crippen molar-refractivity contribution in [3.05, 3.63) is 10.6 Å². The molecule has 0 heterocycles. The Morgan fingerprint density at radius 3 is 2.92 bits per heavy atom. The van der Waals surface area contributed by atoms with E-state index >= 15 is 0 Å². The van der Waals surface area contributed by atoms with Crippen molar-refractivity contribution >= 4 is 21.9 Å². The van der Waals surface area contributed by atoms with E-state index in [0.29, 0.717) is 0 Å². The van der Waals surface area contributed by atoms with E-state index in [-0.39, 0.29) is 18.2 Å². The highest BCUT2D eigenvalue weighted by Gasteiger charge is 2.26. The molecule has 0 spiro atoms. The number of esters is 1. The van der Waals surface area contributed by atoms with E-state index in [9.17, 15) is 4.79 Å². The third-order valence-corrected chi connectivity index (χ3v) is 2.63. The quantitative estimate of drug-likeness (QED) is 0.702. The van der Waals surface area contributed by atoms with Crippen LogP contribution in [0.3, 0.4) is 0 Å². The number of rotatable bonds is 2. The van der Waals surface area contributed by atoms with Gasteiger partial charge < -0.3 is 9.47 Å². The minimum atomic E-state index is -0.251. The van der Waals surface area contributed by atoms with Crippen molar-refractivity contribution in [2.75, 3.05) is 7.11 Å². The van der Waals surface area contributed by atoms with Crippen LogP contribution in [0.25, 0.3) is 0 Å². The Balaban J connectivity index is 2.60. The topological polar surface area (TPSA) is 35.5 Å². The Bertz CT molecular complexity index is 225. The number of allylic oxidation sites excluding steroid dienone is 1. The first kappa shape index (κ1) is 10.7. The highest BCUT2D eigenvalue weighted by molar-refractivity contribution is 9.11. The summed E-state index contributed by atoms with van der Waals surface area (Å²) in [6.07, 6.45) is 3.40. The lowest BCUT2D eigenvalue weighted by Gasteiger charge is -2.27. The summed E-state index contributed by atoms with van der Waals surface area (Å²) in [7, 11) is 1.61. The van der Waals surface area contributed by atoms with E-state index < -0.39 is 0 Å². The summed E-state index contributed by atoms with van der Waals surface area (Å²) in [5, 5.41) is 0. The van der Waals surface area contributed by atoms with Gasteiger partial charge in [-0.05, 0) is 23.4 Å². The van der Waals surface area contributed by atoms with Gasteiger partial charge in [0.05, 0.1) is 0 Å². The zero-order valence-corrected chi connectivity index (χ0v) is 9.33. The van der Waals surface area contributed by atoms with Crippen molar-refractivity contribution < 1.29 is 14.3 Å². The Labute approximate surface area is 86.2 Å². The van der Waals surface area contributed by atoms with Crippen molar-refractivity contribution in [2.45, 2.75) is 32.0 Å². The van der Waals surface area contributed by atoms with Crippen LogP contribution >= 0.6 is 15.9 Å². The maximum atomic E-state index is 10.7. The SMILES string of the molecule is COC1C=C(Br)CCC1OC(C)=O. The van der Waals surface area contributed by atoms with Gasteiger partial charge in [-0.1, -0.05) is 15.9 Å². The van der Waals surface area contributed by atoms with E-state index in [2.05, 4.69) is 15.9 Å². The van der Waals surface area contributed by atoms with Crippen LogP contribution in [0.4, 0.5) is 0 Å². The number of methoxy groups -OCH3 is 1. The van der Waals surface area contributed by atoms with Gasteiger partial charge in [-0.3, -0.25) is 4.79 Å². The van der Waals surface area contributed by atoms with Crippen molar-refractivity contribution in [3.63, 3.8) is 0 Å². The molecule has 3 nitrogen and oxygen atoms in total. The number of carbonyl (C=O) groups is 1. The Kier molecular flexibility index (Phi) is 3.93. The predicted octanol–water partition coefficient (Wildman–Crippen LogP) is 2.01. The summed E-state index contributed by atoms with van der Waals surface area (Å²) < 4.78 is 11.4. The smallest absolute Gasteiger partial charge is 0.303 e. The molecule has 0 aromatic rings. The lowest BCUT2D eigenvalue weighted by atomic mass is 10.0. The summed E-state index contributed by atoms with van der Waals surface area (Å²) >= 11 is 3.40. The molecule has 0 aromatic heterocycles. The average Bonchev–Trinajstić information content (AvgIpc) is 2.07. The summed E-state index contributed by atoms with van der Waals surface area (Å²) in [5.74, 6) is -0.251. The fourth-order valence-electron chi connectivity index (χ4n) is 1.37. The van der Waals surface area contributed by atoms with Crippen molar-refractivity contribution in [1.29, 1.82) is 0 Å². The van der Waals surface area contributed by atoms with Gasteiger partial charge in [-0.15, -0.1) is 0 Å². The number of carbonyl (C=O) groups excluding carboxylic acids is 1. The van der Waals surface area contributed by atoms with Gasteiger partial charge in [-0.25, -0.2) is 0 Å². The summed E-state index contributed by atoms with van der Waals surface area (Å²) in [5.41, 5.74) is 0. The third kappa shape index (κ3) is 3.12. The second-order valence-electron chi connectivity index (χ2n) is 3.00. The lowest BCUT2D eigenvalue weighted by molar-refractivity contribution is -0.152. The third-order valence-electron chi connectivity index (χ3n) is 1.97. The Morgan fingerprint density at radius 1 is 1.69 bits per heavy atom. The van der Waals surface area contributed by atoms with Crippen LogP contribution < -0.4 is 0 Å². The molecule has 2 unspecified atom stereocenters. The summed E-state index contributed by atoms with van der Waals surface area (Å²) in [6.45, 7) is 1.42. The van der Waals surface area contributed by atoms with E-state index in [1.165, 1.54) is 6.92 Å². The molecule has 0 saturated heterocycles. The Hall–Kier alpha value is -0.350. The van der Waals surface area contributed by atoms with E-state index in [1.807, 2.05) is 6.08 Å². The molecule has 1 aliphatic rings. The van der Waals surface area contributed by atoms with E-state index in [1.54, 1.807) is 7.11 Å². The van der Waals surface area contributed by atoms with Crippen LogP contribution in [0.2, 0.25) is 0 Å². The minimum Gasteiger partial charge on any atom is -0.459 e. The molecule has 0 radical (unpaired) electrons. The number of ether oxygens (including phenoxy) is 2. The first-order chi connectivity index (χ1) is 6.13. The monoisotopic (exact) mass is 248 g/mol. The van der Waals surface area contributed by atoms with Gasteiger partial charge in [0.2, 0.25) is 0 Å². The molecular weight excluding hydrogens is 236 g/mol. The normalized spacial score (nSPS) is 28.1. The molecule has 0 bridgehead atoms. The van der Waals surface area contributed by atoms with Crippen LogP contribution in [-0.2, 0) is 14.3 Å². The highest BCUT2D eigenvalue weighted by atomic mass is 79.9. The molecule has 4 heteroatoms. The second kappa shape index (κ2) is 4.77. The molecule has 1 aliphatic carbocycles. The zero-order chi connectivity index (χ0) is 9.84. The van der Waals surface area contributed by atoms with Gasteiger partial charge in [0, 0.05) is 14.0 Å². The largest absolute Gasteiger partial charge is 0.459 e. The first-order valence-corrected chi connectivity index (χ1v) is 4.99. The fourth-order valence-corrected chi connectivity index (χ4v) is 1.86. The minimum absolute atomic E-state index is 0.118. The van der Waals surface area contributed by atoms with Crippen LogP contribution in [0.5, 0.6) is 0 Å². The van der Waals surface area contributed by atoms with Crippen molar-refractivity contribution in [3.8, 4) is 0 Å². The molecule has 0 saturated carbocycles. The summed E-state index contributed by atoms with van der Waals surface area (Å²) in [6, 6.07) is 0. The molecule has 2 atom stereocenters. The molecule has 13 heavy (non-hydrogen) atoms. The van der Waals surface area contributed by atoms with Gasteiger partial charge >= 0.3 is 5.97 Å². The average molecular weight is 249 g/mol. The first-order valence-electron chi connectivity index (χ1n) is 4.19. The zero-order valence-electron chi connectivity index (χ0n) is 7.75. The van der Waals surface area contributed by atoms with Crippen LogP contribution in [0.15, 0.2) is 10.6 Å². The molecule has 0 aliphatic heterocycles.